The number of piperazine rings is 1. The minimum Gasteiger partial charge on any atom is -0.473 e. The molecule has 11 heteroatoms. The molecule has 0 saturated carbocycles. The molecule has 0 bridgehead atoms. The number of aromatic nitrogens is 3. The number of carbonyl (C=O) groups is 1. The molecule has 0 aliphatic carbocycles. The summed E-state index contributed by atoms with van der Waals surface area (Å²) < 4.78 is 27.5. The minimum atomic E-state index is -0.399. The van der Waals surface area contributed by atoms with Crippen molar-refractivity contribution >= 4 is 51.6 Å². The fraction of sp³-hybridized carbons (Fsp3) is 0.269. The number of fused-ring (bicyclic) bond motifs is 1. The van der Waals surface area contributed by atoms with Crippen LogP contribution < -0.4 is 9.64 Å². The van der Waals surface area contributed by atoms with Crippen LogP contribution in [0.3, 0.4) is 0 Å². The van der Waals surface area contributed by atoms with Gasteiger partial charge in [-0.1, -0.05) is 23.7 Å². The van der Waals surface area contributed by atoms with E-state index in [0.29, 0.717) is 28.6 Å². The molecule has 0 amide bonds. The van der Waals surface area contributed by atoms with E-state index in [1.807, 2.05) is 22.6 Å². The summed E-state index contributed by atoms with van der Waals surface area (Å²) in [6.07, 6.45) is 1.76. The lowest BCUT2D eigenvalue weighted by Crippen LogP contribution is -2.46. The minimum absolute atomic E-state index is 0.0754. The number of hydrogen-bond donors (Lipinski definition) is 0. The molecule has 4 heterocycles. The van der Waals surface area contributed by atoms with Gasteiger partial charge in [0, 0.05) is 55.6 Å². The van der Waals surface area contributed by atoms with E-state index in [9.17, 15) is 9.18 Å². The van der Waals surface area contributed by atoms with Gasteiger partial charge < -0.3 is 14.4 Å². The molecule has 1 aliphatic rings. The zero-order chi connectivity index (χ0) is 25.9. The Morgan fingerprint density at radius 2 is 1.92 bits per heavy atom. The van der Waals surface area contributed by atoms with E-state index in [-0.39, 0.29) is 12.6 Å². The van der Waals surface area contributed by atoms with Crippen molar-refractivity contribution in [1.82, 2.24) is 19.3 Å². The van der Waals surface area contributed by atoms with Gasteiger partial charge in [-0.05, 0) is 52.9 Å². The molecule has 3 aromatic heterocycles. The van der Waals surface area contributed by atoms with Gasteiger partial charge in [0.2, 0.25) is 5.88 Å². The normalized spacial score (nSPS) is 14.2. The highest BCUT2D eigenvalue weighted by atomic mass is 127. The van der Waals surface area contributed by atoms with E-state index >= 15 is 0 Å². The summed E-state index contributed by atoms with van der Waals surface area (Å²) in [6, 6.07) is 13.7. The fourth-order valence-corrected chi connectivity index (χ4v) is 5.04. The van der Waals surface area contributed by atoms with Crippen molar-refractivity contribution < 1.29 is 18.7 Å². The molecule has 1 aromatic carbocycles. The van der Waals surface area contributed by atoms with Crippen LogP contribution in [0.1, 0.15) is 21.6 Å². The first kappa shape index (κ1) is 25.7. The van der Waals surface area contributed by atoms with Crippen LogP contribution in [0.5, 0.6) is 5.88 Å². The van der Waals surface area contributed by atoms with Gasteiger partial charge >= 0.3 is 5.97 Å². The van der Waals surface area contributed by atoms with Gasteiger partial charge in [-0.2, -0.15) is 4.98 Å². The van der Waals surface area contributed by atoms with Gasteiger partial charge in [-0.25, -0.2) is 14.2 Å². The maximum atomic E-state index is 14.0. The highest BCUT2D eigenvalue weighted by Gasteiger charge is 2.21. The van der Waals surface area contributed by atoms with Crippen molar-refractivity contribution in [2.24, 2.45) is 0 Å². The van der Waals surface area contributed by atoms with Crippen molar-refractivity contribution in [3.8, 4) is 5.88 Å². The number of methoxy groups -OCH3 is 1. The number of anilines is 1. The molecule has 4 aromatic rings. The van der Waals surface area contributed by atoms with Gasteiger partial charge in [0.25, 0.3) is 0 Å². The van der Waals surface area contributed by atoms with E-state index < -0.39 is 5.82 Å². The van der Waals surface area contributed by atoms with Crippen LogP contribution in [0.2, 0.25) is 5.02 Å². The molecule has 5 rings (SSSR count). The Hall–Kier alpha value is -2.96. The van der Waals surface area contributed by atoms with Crippen LogP contribution in [0.15, 0.2) is 54.7 Å². The summed E-state index contributed by atoms with van der Waals surface area (Å²) in [4.78, 5) is 25.8. The first-order valence-corrected chi connectivity index (χ1v) is 13.1. The lowest BCUT2D eigenvalue weighted by molar-refractivity contribution is 0.0600. The van der Waals surface area contributed by atoms with Gasteiger partial charge in [0.05, 0.1) is 18.4 Å². The Bertz CT molecular complexity index is 1440. The second kappa shape index (κ2) is 11.2. The van der Waals surface area contributed by atoms with E-state index in [0.717, 1.165) is 47.0 Å². The predicted molar refractivity (Wildman–Crippen MR) is 147 cm³/mol. The molecule has 1 fully saturated rings. The van der Waals surface area contributed by atoms with Crippen molar-refractivity contribution in [1.29, 1.82) is 0 Å². The molecule has 8 nitrogen and oxygen atoms in total. The maximum absolute atomic E-state index is 14.0. The summed E-state index contributed by atoms with van der Waals surface area (Å²) in [6.45, 7) is 4.09. The molecule has 192 valence electrons. The average Bonchev–Trinajstić information content (AvgIpc) is 3.22. The van der Waals surface area contributed by atoms with Crippen molar-refractivity contribution in [2.75, 3.05) is 38.2 Å². The van der Waals surface area contributed by atoms with E-state index in [1.54, 1.807) is 30.5 Å². The SMILES string of the molecule is COC(=O)c1ccc2nc(CN3CCN(c4cccc(OCc5ccc(Cl)cc5F)n4)CC3)c(I)n2c1. The quantitative estimate of drug-likeness (QED) is 0.213. The number of ether oxygens (including phenoxy) is 2. The second-order valence-electron chi connectivity index (χ2n) is 8.61. The zero-order valence-corrected chi connectivity index (χ0v) is 22.9. The van der Waals surface area contributed by atoms with Crippen molar-refractivity contribution in [3.05, 3.63) is 86.1 Å². The number of rotatable bonds is 7. The number of esters is 1. The number of benzene rings is 1. The molecular formula is C26H24ClFIN5O3. The lowest BCUT2D eigenvalue weighted by Gasteiger charge is -2.35. The molecule has 0 N–H and O–H groups in total. The van der Waals surface area contributed by atoms with Crippen LogP contribution >= 0.6 is 34.2 Å². The summed E-state index contributed by atoms with van der Waals surface area (Å²) in [5.41, 5.74) is 2.68. The smallest absolute Gasteiger partial charge is 0.339 e. The summed E-state index contributed by atoms with van der Waals surface area (Å²) in [5.74, 6) is 0.500. The molecule has 37 heavy (non-hydrogen) atoms. The maximum Gasteiger partial charge on any atom is 0.339 e. The first-order chi connectivity index (χ1) is 17.9. The highest BCUT2D eigenvalue weighted by molar-refractivity contribution is 14.1. The topological polar surface area (TPSA) is 72.2 Å². The Kier molecular flexibility index (Phi) is 7.77. The molecule has 0 unspecified atom stereocenters. The third-order valence-electron chi connectivity index (χ3n) is 6.22. The number of hydrogen-bond acceptors (Lipinski definition) is 7. The predicted octanol–water partition coefficient (Wildman–Crippen LogP) is 4.81. The standard InChI is InChI=1S/C26H24ClFIN5O3/c1-36-26(35)17-6-8-23-30-21(25(29)34(23)14-17)15-32-9-11-33(12-10-32)22-3-2-4-24(31-22)37-16-18-5-7-19(27)13-20(18)28/h2-8,13-14H,9-12,15-16H2,1H3. The molecule has 1 saturated heterocycles. The molecule has 0 spiro atoms. The Balaban J connectivity index is 1.19. The number of nitrogens with zero attached hydrogens (tertiary/aromatic N) is 5. The Morgan fingerprint density at radius 3 is 2.68 bits per heavy atom. The molecule has 0 radical (unpaired) electrons. The molecule has 1 aliphatic heterocycles. The van der Waals surface area contributed by atoms with Crippen molar-refractivity contribution in [2.45, 2.75) is 13.2 Å². The Labute approximate surface area is 232 Å². The number of halogens is 3. The van der Waals surface area contributed by atoms with E-state index in [2.05, 4.69) is 37.4 Å². The number of carbonyl (C=O) groups excluding carboxylic acids is 1. The Morgan fingerprint density at radius 1 is 1.11 bits per heavy atom. The van der Waals surface area contributed by atoms with Crippen LogP contribution in [0.25, 0.3) is 5.65 Å². The number of pyridine rings is 2. The molecular weight excluding hydrogens is 612 g/mol. The van der Waals surface area contributed by atoms with Gasteiger partial charge in [-0.3, -0.25) is 9.30 Å². The van der Waals surface area contributed by atoms with Crippen molar-refractivity contribution in [3.63, 3.8) is 0 Å². The van der Waals surface area contributed by atoms with E-state index in [1.165, 1.54) is 13.2 Å². The first-order valence-electron chi connectivity index (χ1n) is 11.7. The third kappa shape index (κ3) is 5.81. The fourth-order valence-electron chi connectivity index (χ4n) is 4.20. The highest BCUT2D eigenvalue weighted by Crippen LogP contribution is 2.22. The van der Waals surface area contributed by atoms with Gasteiger partial charge in [0.15, 0.2) is 0 Å². The van der Waals surface area contributed by atoms with E-state index in [4.69, 9.17) is 26.1 Å². The molecule has 0 atom stereocenters. The van der Waals surface area contributed by atoms with Crippen LogP contribution in [0, 0.1) is 9.52 Å². The second-order valence-corrected chi connectivity index (χ2v) is 10.1. The summed E-state index contributed by atoms with van der Waals surface area (Å²) in [5, 5.41) is 0.351. The summed E-state index contributed by atoms with van der Waals surface area (Å²) >= 11 is 8.09. The van der Waals surface area contributed by atoms with Gasteiger partial charge in [-0.15, -0.1) is 0 Å². The van der Waals surface area contributed by atoms with Crippen LogP contribution in [0.4, 0.5) is 10.2 Å². The number of imidazole rings is 1. The largest absolute Gasteiger partial charge is 0.473 e. The monoisotopic (exact) mass is 635 g/mol. The van der Waals surface area contributed by atoms with Crippen LogP contribution in [-0.2, 0) is 17.9 Å². The third-order valence-corrected chi connectivity index (χ3v) is 7.59. The van der Waals surface area contributed by atoms with Gasteiger partial charge in [0.1, 0.15) is 27.6 Å². The zero-order valence-electron chi connectivity index (χ0n) is 20.0. The van der Waals surface area contributed by atoms with Crippen LogP contribution in [-0.4, -0.2) is 58.5 Å². The summed E-state index contributed by atoms with van der Waals surface area (Å²) in [7, 11) is 1.37. The average molecular weight is 636 g/mol. The lowest BCUT2D eigenvalue weighted by atomic mass is 10.2.